The molecule has 0 heterocycles. The molecule has 5 nitrogen and oxygen atoms in total. The van der Waals surface area contributed by atoms with Crippen LogP contribution in [-0.2, 0) is 6.54 Å². The van der Waals surface area contributed by atoms with Gasteiger partial charge in [0.2, 0.25) is 0 Å². The average molecular weight is 302 g/mol. The lowest BCUT2D eigenvalue weighted by atomic mass is 9.94. The molecule has 0 aromatic heterocycles. The number of hydrogen-bond acceptors (Lipinski definition) is 2. The van der Waals surface area contributed by atoms with E-state index < -0.39 is 0 Å². The summed E-state index contributed by atoms with van der Waals surface area (Å²) in [4.78, 5) is 15.0. The molecular weight excluding hydrogens is 276 g/mol. The van der Waals surface area contributed by atoms with Gasteiger partial charge in [0.05, 0.1) is 6.54 Å². The Kier molecular flexibility index (Phi) is 6.93. The van der Waals surface area contributed by atoms with Crippen LogP contribution in [0.1, 0.15) is 62.9 Å². The van der Waals surface area contributed by atoms with Crippen LogP contribution in [0, 0.1) is 5.92 Å². The Bertz CT molecular complexity index is 528. The molecule has 0 aliphatic rings. The zero-order valence-electron chi connectivity index (χ0n) is 14.0. The highest BCUT2D eigenvalue weighted by molar-refractivity contribution is 5.94. The van der Waals surface area contributed by atoms with E-state index in [2.05, 4.69) is 43.0 Å². The maximum absolute atomic E-state index is 12.3. The van der Waals surface area contributed by atoms with E-state index in [0.29, 0.717) is 18.0 Å². The second-order valence-electron chi connectivity index (χ2n) is 6.71. The fraction of sp³-hybridized carbons (Fsp3) is 0.588. The Hall–Kier alpha value is -2.00. The highest BCUT2D eigenvalue weighted by atomic mass is 16.1. The molecule has 1 aromatic rings. The highest BCUT2D eigenvalue weighted by Gasteiger charge is 2.20. The van der Waals surface area contributed by atoms with Gasteiger partial charge in [-0.3, -0.25) is 4.79 Å². The lowest BCUT2D eigenvalue weighted by Gasteiger charge is -2.26. The monoisotopic (exact) mass is 302 g/mol. The Morgan fingerprint density at radius 2 is 1.95 bits per heavy atom. The van der Waals surface area contributed by atoms with E-state index >= 15 is 0 Å². The summed E-state index contributed by atoms with van der Waals surface area (Å²) < 4.78 is 0. The van der Waals surface area contributed by atoms with Crippen molar-refractivity contribution >= 4 is 5.91 Å². The lowest BCUT2D eigenvalue weighted by molar-refractivity contribution is 0.0907. The fourth-order valence-electron chi connectivity index (χ4n) is 2.27. The summed E-state index contributed by atoms with van der Waals surface area (Å²) in [5.74, 6) is 0.625. The first-order chi connectivity index (χ1) is 10.3. The van der Waals surface area contributed by atoms with Crippen molar-refractivity contribution in [1.82, 2.24) is 5.32 Å². The quantitative estimate of drug-likeness (QED) is 0.416. The van der Waals surface area contributed by atoms with Crippen LogP contribution >= 0.6 is 0 Å². The summed E-state index contributed by atoms with van der Waals surface area (Å²) in [6, 6.07) is 7.16. The Balaban J connectivity index is 2.57. The van der Waals surface area contributed by atoms with Crippen molar-refractivity contribution in [2.45, 2.75) is 59.0 Å². The van der Waals surface area contributed by atoms with Gasteiger partial charge >= 0.3 is 0 Å². The van der Waals surface area contributed by atoms with Crippen molar-refractivity contribution in [2.24, 2.45) is 11.0 Å². The smallest absolute Gasteiger partial charge is 0.251 e. The van der Waals surface area contributed by atoms with Gasteiger partial charge in [0.25, 0.3) is 5.91 Å². The SMILES string of the molecule is CC(C)CCCC(C)(C)NC(=O)c1ccc(CN=[N+]=[N-])cc1. The topological polar surface area (TPSA) is 77.9 Å². The number of nitrogens with one attached hydrogen (secondary N) is 1. The summed E-state index contributed by atoms with van der Waals surface area (Å²) in [6.45, 7) is 8.84. The molecule has 0 aliphatic heterocycles. The minimum absolute atomic E-state index is 0.0649. The van der Waals surface area contributed by atoms with Crippen LogP contribution in [0.4, 0.5) is 0 Å². The standard InChI is InChI=1S/C17H26N4O/c1-13(2)6-5-11-17(3,4)20-16(22)15-9-7-14(8-10-15)12-19-21-18/h7-10,13H,5-6,11-12H2,1-4H3,(H,20,22). The average Bonchev–Trinajstić information content (AvgIpc) is 2.44. The van der Waals surface area contributed by atoms with E-state index in [1.165, 1.54) is 6.42 Å². The number of carbonyl (C=O) groups excluding carboxylic acids is 1. The van der Waals surface area contributed by atoms with Gasteiger partial charge in [-0.1, -0.05) is 43.9 Å². The third-order valence-electron chi connectivity index (χ3n) is 3.57. The molecule has 5 heteroatoms. The van der Waals surface area contributed by atoms with Gasteiger partial charge in [0.15, 0.2) is 0 Å². The van der Waals surface area contributed by atoms with E-state index in [9.17, 15) is 4.79 Å². The van der Waals surface area contributed by atoms with Crippen molar-refractivity contribution in [1.29, 1.82) is 0 Å². The van der Waals surface area contributed by atoms with Crippen LogP contribution in [0.25, 0.3) is 10.4 Å². The molecule has 0 spiro atoms. The van der Waals surface area contributed by atoms with Gasteiger partial charge < -0.3 is 5.32 Å². The second-order valence-corrected chi connectivity index (χ2v) is 6.71. The number of nitrogens with zero attached hydrogens (tertiary/aromatic N) is 3. The van der Waals surface area contributed by atoms with Crippen molar-refractivity contribution in [3.63, 3.8) is 0 Å². The first-order valence-corrected chi connectivity index (χ1v) is 7.76. The van der Waals surface area contributed by atoms with E-state index in [-0.39, 0.29) is 11.4 Å². The van der Waals surface area contributed by atoms with Crippen molar-refractivity contribution in [3.05, 3.63) is 45.8 Å². The molecule has 1 N–H and O–H groups in total. The number of rotatable bonds is 8. The Morgan fingerprint density at radius 1 is 1.32 bits per heavy atom. The summed E-state index contributed by atoms with van der Waals surface area (Å²) in [7, 11) is 0. The lowest BCUT2D eigenvalue weighted by Crippen LogP contribution is -2.43. The first kappa shape index (κ1) is 18.1. The Labute approximate surface area is 132 Å². The summed E-state index contributed by atoms with van der Waals surface area (Å²) in [5.41, 5.74) is 9.61. The maximum atomic E-state index is 12.3. The molecule has 0 saturated heterocycles. The maximum Gasteiger partial charge on any atom is 0.251 e. The third kappa shape index (κ3) is 6.64. The minimum Gasteiger partial charge on any atom is -0.347 e. The summed E-state index contributed by atoms with van der Waals surface area (Å²) >= 11 is 0. The molecule has 0 radical (unpaired) electrons. The van der Waals surface area contributed by atoms with Gasteiger partial charge in [0.1, 0.15) is 0 Å². The first-order valence-electron chi connectivity index (χ1n) is 7.76. The molecule has 0 atom stereocenters. The normalized spacial score (nSPS) is 11.1. The molecule has 0 bridgehead atoms. The zero-order valence-corrected chi connectivity index (χ0v) is 14.0. The summed E-state index contributed by atoms with van der Waals surface area (Å²) in [6.07, 6.45) is 3.25. The number of carbonyl (C=O) groups is 1. The molecule has 0 saturated carbocycles. The number of amides is 1. The van der Waals surface area contributed by atoms with Crippen molar-refractivity contribution in [3.8, 4) is 0 Å². The van der Waals surface area contributed by atoms with Gasteiger partial charge in [-0.15, -0.1) is 0 Å². The van der Waals surface area contributed by atoms with Gasteiger partial charge in [-0.25, -0.2) is 0 Å². The van der Waals surface area contributed by atoms with E-state index in [1.54, 1.807) is 12.1 Å². The predicted molar refractivity (Wildman–Crippen MR) is 89.5 cm³/mol. The molecule has 1 amide bonds. The predicted octanol–water partition coefficient (Wildman–Crippen LogP) is 4.83. The van der Waals surface area contributed by atoms with Crippen molar-refractivity contribution < 1.29 is 4.79 Å². The van der Waals surface area contributed by atoms with E-state index in [1.807, 2.05) is 12.1 Å². The third-order valence-corrected chi connectivity index (χ3v) is 3.57. The van der Waals surface area contributed by atoms with E-state index in [4.69, 9.17) is 5.53 Å². The van der Waals surface area contributed by atoms with Gasteiger partial charge in [-0.2, -0.15) is 0 Å². The molecule has 1 aromatic carbocycles. The van der Waals surface area contributed by atoms with Crippen LogP contribution in [0.15, 0.2) is 29.4 Å². The number of benzene rings is 1. The molecule has 22 heavy (non-hydrogen) atoms. The highest BCUT2D eigenvalue weighted by Crippen LogP contribution is 2.17. The molecule has 0 aliphatic carbocycles. The van der Waals surface area contributed by atoms with Crippen LogP contribution in [0.5, 0.6) is 0 Å². The van der Waals surface area contributed by atoms with Crippen LogP contribution < -0.4 is 5.32 Å². The molecule has 1 rings (SSSR count). The number of hydrogen-bond donors (Lipinski definition) is 1. The van der Waals surface area contributed by atoms with Crippen LogP contribution in [0.3, 0.4) is 0 Å². The molecule has 0 unspecified atom stereocenters. The van der Waals surface area contributed by atoms with Gasteiger partial charge in [0, 0.05) is 16.0 Å². The zero-order chi connectivity index (χ0) is 16.6. The molecule has 0 fully saturated rings. The Morgan fingerprint density at radius 3 is 2.50 bits per heavy atom. The number of azide groups is 1. The molecule has 120 valence electrons. The van der Waals surface area contributed by atoms with Gasteiger partial charge in [-0.05, 0) is 49.4 Å². The fourth-order valence-corrected chi connectivity index (χ4v) is 2.27. The van der Waals surface area contributed by atoms with Crippen LogP contribution in [-0.4, -0.2) is 11.4 Å². The van der Waals surface area contributed by atoms with Crippen molar-refractivity contribution in [2.75, 3.05) is 0 Å². The van der Waals surface area contributed by atoms with E-state index in [0.717, 1.165) is 18.4 Å². The van der Waals surface area contributed by atoms with Crippen LogP contribution in [0.2, 0.25) is 0 Å². The summed E-state index contributed by atoms with van der Waals surface area (Å²) in [5, 5.41) is 6.59. The minimum atomic E-state index is -0.213. The molecular formula is C17H26N4O. The second kappa shape index (κ2) is 8.44. The largest absolute Gasteiger partial charge is 0.347 e.